The molecule has 0 aliphatic carbocycles. The molecule has 0 aliphatic heterocycles. The Morgan fingerprint density at radius 3 is 2.45 bits per heavy atom. The highest BCUT2D eigenvalue weighted by atomic mass is 16.6. The molecule has 1 heterocycles. The lowest BCUT2D eigenvalue weighted by Gasteiger charge is -2.08. The van der Waals surface area contributed by atoms with Crippen LogP contribution in [-0.4, -0.2) is 29.9 Å². The third kappa shape index (κ3) is 6.07. The quantitative estimate of drug-likeness (QED) is 0.401. The van der Waals surface area contributed by atoms with E-state index in [9.17, 15) is 4.79 Å². The summed E-state index contributed by atoms with van der Waals surface area (Å²) in [6, 6.07) is 12.6. The number of carbonyl (C=O) groups is 1. The van der Waals surface area contributed by atoms with E-state index in [0.717, 1.165) is 29.0 Å². The van der Waals surface area contributed by atoms with Gasteiger partial charge in [-0.2, -0.15) is 0 Å². The Hall–Kier alpha value is -3.35. The second kappa shape index (κ2) is 11.2. The van der Waals surface area contributed by atoms with Gasteiger partial charge in [-0.25, -0.2) is 4.63 Å². The highest BCUT2D eigenvalue weighted by Gasteiger charge is 2.18. The van der Waals surface area contributed by atoms with Crippen molar-refractivity contribution in [2.45, 2.75) is 46.0 Å². The molecule has 0 bridgehead atoms. The molecular formula is C24H29N3O4. The highest BCUT2D eigenvalue weighted by Crippen LogP contribution is 2.30. The molecule has 7 heteroatoms. The van der Waals surface area contributed by atoms with Gasteiger partial charge in [-0.3, -0.25) is 4.79 Å². The van der Waals surface area contributed by atoms with Crippen molar-refractivity contribution < 1.29 is 18.9 Å². The fraction of sp³-hybridized carbons (Fsp3) is 0.375. The summed E-state index contributed by atoms with van der Waals surface area (Å²) in [6.45, 7) is 4.82. The van der Waals surface area contributed by atoms with Gasteiger partial charge in [0.05, 0.1) is 13.7 Å². The summed E-state index contributed by atoms with van der Waals surface area (Å²) in [4.78, 5) is 12.7. The van der Waals surface area contributed by atoms with E-state index < -0.39 is 0 Å². The minimum atomic E-state index is -0.297. The molecule has 0 spiro atoms. The normalized spacial score (nSPS) is 10.7. The maximum Gasteiger partial charge on any atom is 0.256 e. The predicted molar refractivity (Wildman–Crippen MR) is 120 cm³/mol. The minimum absolute atomic E-state index is 0.269. The number of ether oxygens (including phenoxy) is 2. The van der Waals surface area contributed by atoms with Crippen LogP contribution < -0.4 is 14.8 Å². The molecule has 1 amide bonds. The van der Waals surface area contributed by atoms with Gasteiger partial charge < -0.3 is 14.8 Å². The Kier molecular flexibility index (Phi) is 8.04. The third-order valence-electron chi connectivity index (χ3n) is 5.04. The lowest BCUT2D eigenvalue weighted by molar-refractivity contribution is 0.102. The van der Waals surface area contributed by atoms with Crippen LogP contribution in [0.5, 0.6) is 11.5 Å². The standard InChI is InChI=1S/C24H29N3O4/c1-4-5-6-7-8-15-30-19-11-9-18(10-12-19)24(28)25-23-22(26-31-27-23)21-14-13-20(29-3)16-17(21)2/h9-14,16H,4-8,15H2,1-3H3,(H,25,27,28). The zero-order chi connectivity index (χ0) is 22.1. The second-order valence-electron chi connectivity index (χ2n) is 7.38. The number of aryl methyl sites for hydroxylation is 1. The van der Waals surface area contributed by atoms with Crippen molar-refractivity contribution in [2.24, 2.45) is 0 Å². The molecule has 1 aromatic heterocycles. The van der Waals surface area contributed by atoms with Crippen LogP contribution in [0.3, 0.4) is 0 Å². The van der Waals surface area contributed by atoms with Crippen molar-refractivity contribution in [3.63, 3.8) is 0 Å². The largest absolute Gasteiger partial charge is 0.497 e. The summed E-state index contributed by atoms with van der Waals surface area (Å²) in [7, 11) is 1.61. The smallest absolute Gasteiger partial charge is 0.256 e. The second-order valence-corrected chi connectivity index (χ2v) is 7.38. The topological polar surface area (TPSA) is 86.5 Å². The Morgan fingerprint density at radius 1 is 1.00 bits per heavy atom. The molecule has 164 valence electrons. The van der Waals surface area contributed by atoms with E-state index in [1.54, 1.807) is 31.4 Å². The Balaban J connectivity index is 1.59. The summed E-state index contributed by atoms with van der Waals surface area (Å²) in [5.74, 6) is 1.47. The molecule has 7 nitrogen and oxygen atoms in total. The fourth-order valence-electron chi connectivity index (χ4n) is 3.25. The van der Waals surface area contributed by atoms with E-state index >= 15 is 0 Å². The van der Waals surface area contributed by atoms with E-state index in [0.29, 0.717) is 17.9 Å². The molecule has 0 radical (unpaired) electrons. The molecule has 0 aliphatic rings. The number of carbonyl (C=O) groups excluding carboxylic acids is 1. The molecule has 2 aromatic carbocycles. The molecular weight excluding hydrogens is 394 g/mol. The number of benzene rings is 2. The first-order valence-corrected chi connectivity index (χ1v) is 10.6. The number of unbranched alkanes of at least 4 members (excludes halogenated alkanes) is 4. The summed E-state index contributed by atoms with van der Waals surface area (Å²) >= 11 is 0. The summed E-state index contributed by atoms with van der Waals surface area (Å²) in [6.07, 6.45) is 5.96. The summed E-state index contributed by atoms with van der Waals surface area (Å²) < 4.78 is 15.9. The van der Waals surface area contributed by atoms with Gasteiger partial charge >= 0.3 is 0 Å². The molecule has 0 atom stereocenters. The monoisotopic (exact) mass is 423 g/mol. The third-order valence-corrected chi connectivity index (χ3v) is 5.04. The number of nitrogens with one attached hydrogen (secondary N) is 1. The van der Waals surface area contributed by atoms with Crippen molar-refractivity contribution >= 4 is 11.7 Å². The first kappa shape index (κ1) is 22.3. The van der Waals surface area contributed by atoms with Gasteiger partial charge in [-0.15, -0.1) is 0 Å². The first-order chi connectivity index (χ1) is 15.1. The Bertz CT molecular complexity index is 983. The molecule has 3 rings (SSSR count). The summed E-state index contributed by atoms with van der Waals surface area (Å²) in [5, 5.41) is 10.6. The van der Waals surface area contributed by atoms with Crippen molar-refractivity contribution in [2.75, 3.05) is 19.0 Å². The van der Waals surface area contributed by atoms with Crippen LogP contribution in [0.4, 0.5) is 5.82 Å². The number of amides is 1. The predicted octanol–water partition coefficient (Wildman–Crippen LogP) is 5.66. The Morgan fingerprint density at radius 2 is 1.74 bits per heavy atom. The molecule has 31 heavy (non-hydrogen) atoms. The Labute approximate surface area is 182 Å². The maximum atomic E-state index is 12.7. The highest BCUT2D eigenvalue weighted by molar-refractivity contribution is 6.05. The van der Waals surface area contributed by atoms with Gasteiger partial charge in [0.25, 0.3) is 5.91 Å². The number of hydrogen-bond acceptors (Lipinski definition) is 6. The van der Waals surface area contributed by atoms with Crippen LogP contribution in [0.2, 0.25) is 0 Å². The SMILES string of the molecule is CCCCCCCOc1ccc(C(=O)Nc2nonc2-c2ccc(OC)cc2C)cc1. The van der Waals surface area contributed by atoms with Crippen LogP contribution in [0.15, 0.2) is 47.1 Å². The summed E-state index contributed by atoms with van der Waals surface area (Å²) in [5.41, 5.74) is 2.70. The van der Waals surface area contributed by atoms with E-state index in [4.69, 9.17) is 14.1 Å². The number of anilines is 1. The number of hydrogen-bond donors (Lipinski definition) is 1. The fourth-order valence-corrected chi connectivity index (χ4v) is 3.25. The molecule has 0 unspecified atom stereocenters. The number of nitrogens with zero attached hydrogens (tertiary/aromatic N) is 2. The lowest BCUT2D eigenvalue weighted by atomic mass is 10.1. The average molecular weight is 424 g/mol. The molecule has 0 saturated carbocycles. The maximum absolute atomic E-state index is 12.7. The van der Waals surface area contributed by atoms with Crippen LogP contribution in [0, 0.1) is 6.92 Å². The van der Waals surface area contributed by atoms with E-state index in [1.165, 1.54) is 25.7 Å². The van der Waals surface area contributed by atoms with Crippen molar-refractivity contribution in [3.05, 3.63) is 53.6 Å². The van der Waals surface area contributed by atoms with Crippen molar-refractivity contribution in [1.82, 2.24) is 10.3 Å². The van der Waals surface area contributed by atoms with Crippen LogP contribution in [-0.2, 0) is 0 Å². The first-order valence-electron chi connectivity index (χ1n) is 10.6. The number of rotatable bonds is 11. The van der Waals surface area contributed by atoms with Crippen LogP contribution in [0.1, 0.15) is 54.9 Å². The number of aromatic nitrogens is 2. The van der Waals surface area contributed by atoms with Crippen LogP contribution >= 0.6 is 0 Å². The van der Waals surface area contributed by atoms with E-state index in [1.807, 2.05) is 25.1 Å². The van der Waals surface area contributed by atoms with E-state index in [-0.39, 0.29) is 11.7 Å². The van der Waals surface area contributed by atoms with Crippen LogP contribution in [0.25, 0.3) is 11.3 Å². The van der Waals surface area contributed by atoms with Gasteiger partial charge in [0.1, 0.15) is 11.5 Å². The van der Waals surface area contributed by atoms with Gasteiger partial charge in [0.15, 0.2) is 5.69 Å². The van der Waals surface area contributed by atoms with Crippen molar-refractivity contribution in [1.29, 1.82) is 0 Å². The zero-order valence-electron chi connectivity index (χ0n) is 18.3. The minimum Gasteiger partial charge on any atom is -0.497 e. The molecule has 0 saturated heterocycles. The van der Waals surface area contributed by atoms with Crippen molar-refractivity contribution in [3.8, 4) is 22.8 Å². The van der Waals surface area contributed by atoms with Gasteiger partial charge in [-0.05, 0) is 71.7 Å². The number of methoxy groups -OCH3 is 1. The zero-order valence-corrected chi connectivity index (χ0v) is 18.3. The van der Waals surface area contributed by atoms with E-state index in [2.05, 4.69) is 22.6 Å². The lowest BCUT2D eigenvalue weighted by Crippen LogP contribution is -2.13. The van der Waals surface area contributed by atoms with Gasteiger partial charge in [0.2, 0.25) is 5.82 Å². The molecule has 1 N–H and O–H groups in total. The van der Waals surface area contributed by atoms with Gasteiger partial charge in [-0.1, -0.05) is 32.6 Å². The molecule has 0 fully saturated rings. The molecule has 3 aromatic rings. The van der Waals surface area contributed by atoms with Gasteiger partial charge in [0, 0.05) is 11.1 Å². The average Bonchev–Trinajstić information content (AvgIpc) is 3.24.